The van der Waals surface area contributed by atoms with Gasteiger partial charge >= 0.3 is 0 Å². The fourth-order valence-electron chi connectivity index (χ4n) is 3.08. The van der Waals surface area contributed by atoms with Gasteiger partial charge in [-0.15, -0.1) is 0 Å². The molecule has 1 aromatic rings. The molecule has 0 radical (unpaired) electrons. The fraction of sp³-hybridized carbons (Fsp3) is 0.750. The number of rotatable bonds is 6. The van der Waals surface area contributed by atoms with Crippen molar-refractivity contribution in [2.75, 3.05) is 19.6 Å². The molecule has 116 valence electrons. The largest absolute Gasteiger partial charge is 0.342 e. The van der Waals surface area contributed by atoms with Gasteiger partial charge in [0.2, 0.25) is 5.91 Å². The number of imidazole rings is 1. The Morgan fingerprint density at radius 1 is 1.33 bits per heavy atom. The van der Waals surface area contributed by atoms with E-state index in [0.717, 1.165) is 50.8 Å². The Morgan fingerprint density at radius 3 is 2.90 bits per heavy atom. The van der Waals surface area contributed by atoms with Crippen LogP contribution in [0.4, 0.5) is 0 Å². The molecule has 3 rings (SSSR count). The number of carbonyl (C=O) groups is 1. The quantitative estimate of drug-likeness (QED) is 0.865. The minimum atomic E-state index is 0.358. The molecule has 1 saturated heterocycles. The highest BCUT2D eigenvalue weighted by molar-refractivity contribution is 5.76. The van der Waals surface area contributed by atoms with Crippen LogP contribution in [0.25, 0.3) is 0 Å². The van der Waals surface area contributed by atoms with E-state index in [9.17, 15) is 4.79 Å². The van der Waals surface area contributed by atoms with Gasteiger partial charge in [-0.05, 0) is 38.5 Å². The Morgan fingerprint density at radius 2 is 2.19 bits per heavy atom. The predicted molar refractivity (Wildman–Crippen MR) is 81.9 cm³/mol. The van der Waals surface area contributed by atoms with Crippen LogP contribution in [0, 0.1) is 12.8 Å². The Hall–Kier alpha value is -1.36. The summed E-state index contributed by atoms with van der Waals surface area (Å²) in [6.45, 7) is 5.84. The van der Waals surface area contributed by atoms with Crippen LogP contribution >= 0.6 is 0 Å². The SMILES string of the molecule is Cc1nccn1CCN[C@@H]1CCC(=O)N(CC2CC2)CC1. The van der Waals surface area contributed by atoms with Crippen molar-refractivity contribution in [2.24, 2.45) is 5.92 Å². The van der Waals surface area contributed by atoms with E-state index in [1.165, 1.54) is 12.8 Å². The summed E-state index contributed by atoms with van der Waals surface area (Å²) in [5.74, 6) is 2.21. The molecule has 2 heterocycles. The van der Waals surface area contributed by atoms with Crippen LogP contribution in [0.2, 0.25) is 0 Å². The third-order valence-electron chi connectivity index (χ3n) is 4.69. The van der Waals surface area contributed by atoms with Crippen LogP contribution in [0.3, 0.4) is 0 Å². The molecule has 1 aliphatic heterocycles. The lowest BCUT2D eigenvalue weighted by Crippen LogP contribution is -2.34. The lowest BCUT2D eigenvalue weighted by Gasteiger charge is -2.21. The third kappa shape index (κ3) is 4.06. The van der Waals surface area contributed by atoms with Gasteiger partial charge in [0, 0.05) is 51.0 Å². The second-order valence-corrected chi connectivity index (χ2v) is 6.43. The van der Waals surface area contributed by atoms with Crippen LogP contribution in [0.5, 0.6) is 0 Å². The molecular formula is C16H26N4O. The summed E-state index contributed by atoms with van der Waals surface area (Å²) in [5, 5.41) is 3.61. The molecule has 0 unspecified atom stereocenters. The maximum Gasteiger partial charge on any atom is 0.222 e. The first kappa shape index (κ1) is 14.6. The van der Waals surface area contributed by atoms with Gasteiger partial charge in [-0.1, -0.05) is 0 Å². The second kappa shape index (κ2) is 6.60. The second-order valence-electron chi connectivity index (χ2n) is 6.43. The number of aromatic nitrogens is 2. The number of nitrogens with one attached hydrogen (secondary N) is 1. The van der Waals surface area contributed by atoms with Gasteiger partial charge in [0.1, 0.15) is 5.82 Å². The van der Waals surface area contributed by atoms with E-state index in [0.29, 0.717) is 18.4 Å². The molecule has 1 aliphatic carbocycles. The van der Waals surface area contributed by atoms with Gasteiger partial charge in [0.05, 0.1) is 0 Å². The average molecular weight is 290 g/mol. The average Bonchev–Trinajstić information content (AvgIpc) is 3.23. The summed E-state index contributed by atoms with van der Waals surface area (Å²) < 4.78 is 2.16. The fourth-order valence-corrected chi connectivity index (χ4v) is 3.08. The van der Waals surface area contributed by atoms with Gasteiger partial charge in [0.25, 0.3) is 0 Å². The van der Waals surface area contributed by atoms with Crippen molar-refractivity contribution in [3.63, 3.8) is 0 Å². The van der Waals surface area contributed by atoms with Crippen molar-refractivity contribution < 1.29 is 4.79 Å². The number of carbonyl (C=O) groups excluding carboxylic acids is 1. The molecule has 1 atom stereocenters. The molecule has 0 spiro atoms. The van der Waals surface area contributed by atoms with Crippen LogP contribution in [-0.2, 0) is 11.3 Å². The third-order valence-corrected chi connectivity index (χ3v) is 4.69. The highest BCUT2D eigenvalue weighted by atomic mass is 16.2. The molecular weight excluding hydrogens is 264 g/mol. The van der Waals surface area contributed by atoms with E-state index >= 15 is 0 Å². The van der Waals surface area contributed by atoms with Gasteiger partial charge in [-0.25, -0.2) is 4.98 Å². The van der Waals surface area contributed by atoms with E-state index in [1.807, 2.05) is 19.3 Å². The van der Waals surface area contributed by atoms with Gasteiger partial charge in [0.15, 0.2) is 0 Å². The van der Waals surface area contributed by atoms with Gasteiger partial charge in [-0.2, -0.15) is 0 Å². The van der Waals surface area contributed by atoms with Gasteiger partial charge < -0.3 is 14.8 Å². The number of likely N-dealkylation sites (tertiary alicyclic amines) is 1. The maximum atomic E-state index is 12.1. The number of hydrogen-bond acceptors (Lipinski definition) is 3. The normalized spacial score (nSPS) is 23.4. The van der Waals surface area contributed by atoms with E-state index in [2.05, 4.69) is 19.8 Å². The zero-order valence-electron chi connectivity index (χ0n) is 12.9. The Balaban J connectivity index is 1.42. The standard InChI is InChI=1S/C16H26N4O/c1-13-17-7-10-19(13)11-8-18-15-4-5-16(21)20(9-6-15)12-14-2-3-14/h7,10,14-15,18H,2-6,8-9,11-12H2,1H3/t15-/m1/s1. The molecule has 5 heteroatoms. The number of hydrogen-bond donors (Lipinski definition) is 1. The molecule has 0 bridgehead atoms. The first-order chi connectivity index (χ1) is 10.2. The van der Waals surface area contributed by atoms with Crippen LogP contribution in [0.15, 0.2) is 12.4 Å². The van der Waals surface area contributed by atoms with Crippen LogP contribution in [-0.4, -0.2) is 46.0 Å². The van der Waals surface area contributed by atoms with E-state index < -0.39 is 0 Å². The highest BCUT2D eigenvalue weighted by Gasteiger charge is 2.28. The van der Waals surface area contributed by atoms with Crippen LogP contribution < -0.4 is 5.32 Å². The van der Waals surface area contributed by atoms with Gasteiger partial charge in [-0.3, -0.25) is 4.79 Å². The molecule has 0 aromatic carbocycles. The van der Waals surface area contributed by atoms with Crippen molar-refractivity contribution in [2.45, 2.75) is 51.6 Å². The predicted octanol–water partition coefficient (Wildman–Crippen LogP) is 1.57. The summed E-state index contributed by atoms with van der Waals surface area (Å²) >= 11 is 0. The number of nitrogens with zero attached hydrogens (tertiary/aromatic N) is 3. The molecule has 1 saturated carbocycles. The van der Waals surface area contributed by atoms with Crippen molar-refractivity contribution in [3.05, 3.63) is 18.2 Å². The van der Waals surface area contributed by atoms with Crippen molar-refractivity contribution >= 4 is 5.91 Å². The minimum absolute atomic E-state index is 0.358. The molecule has 2 fully saturated rings. The minimum Gasteiger partial charge on any atom is -0.342 e. The van der Waals surface area contributed by atoms with Crippen molar-refractivity contribution in [1.82, 2.24) is 19.8 Å². The zero-order chi connectivity index (χ0) is 14.7. The smallest absolute Gasteiger partial charge is 0.222 e. The zero-order valence-corrected chi connectivity index (χ0v) is 12.9. The molecule has 1 N–H and O–H groups in total. The summed E-state index contributed by atoms with van der Waals surface area (Å²) in [6, 6.07) is 0.474. The topological polar surface area (TPSA) is 50.2 Å². The lowest BCUT2D eigenvalue weighted by atomic mass is 10.1. The Labute approximate surface area is 126 Å². The Kier molecular flexibility index (Phi) is 4.58. The molecule has 1 amide bonds. The summed E-state index contributed by atoms with van der Waals surface area (Å²) in [5.41, 5.74) is 0. The Bertz CT molecular complexity index is 480. The molecule has 1 aromatic heterocycles. The molecule has 5 nitrogen and oxygen atoms in total. The molecule has 2 aliphatic rings. The first-order valence-corrected chi connectivity index (χ1v) is 8.21. The van der Waals surface area contributed by atoms with E-state index in [-0.39, 0.29) is 0 Å². The van der Waals surface area contributed by atoms with E-state index in [1.54, 1.807) is 0 Å². The maximum absolute atomic E-state index is 12.1. The number of aryl methyl sites for hydroxylation is 1. The first-order valence-electron chi connectivity index (χ1n) is 8.21. The monoisotopic (exact) mass is 290 g/mol. The summed E-state index contributed by atoms with van der Waals surface area (Å²) in [6.07, 6.45) is 9.25. The summed E-state index contributed by atoms with van der Waals surface area (Å²) in [7, 11) is 0. The number of amides is 1. The summed E-state index contributed by atoms with van der Waals surface area (Å²) in [4.78, 5) is 18.4. The highest BCUT2D eigenvalue weighted by Crippen LogP contribution is 2.30. The van der Waals surface area contributed by atoms with E-state index in [4.69, 9.17) is 0 Å². The van der Waals surface area contributed by atoms with Crippen molar-refractivity contribution in [3.8, 4) is 0 Å². The van der Waals surface area contributed by atoms with Crippen LogP contribution in [0.1, 0.15) is 37.9 Å². The lowest BCUT2D eigenvalue weighted by molar-refractivity contribution is -0.130. The molecule has 21 heavy (non-hydrogen) atoms. The van der Waals surface area contributed by atoms with Crippen molar-refractivity contribution in [1.29, 1.82) is 0 Å².